The van der Waals surface area contributed by atoms with Gasteiger partial charge in [-0.25, -0.2) is 9.97 Å². The van der Waals surface area contributed by atoms with Crippen molar-refractivity contribution in [2.24, 2.45) is 5.92 Å². The Bertz CT molecular complexity index is 496. The molecule has 2 heterocycles. The Morgan fingerprint density at radius 1 is 1.30 bits per heavy atom. The fourth-order valence-corrected chi connectivity index (χ4v) is 3.28. The van der Waals surface area contributed by atoms with Crippen molar-refractivity contribution in [2.45, 2.75) is 58.9 Å². The molecule has 2 rings (SSSR count). The Kier molecular flexibility index (Phi) is 6.37. The van der Waals surface area contributed by atoms with Crippen LogP contribution in [0.3, 0.4) is 0 Å². The molecule has 23 heavy (non-hydrogen) atoms. The summed E-state index contributed by atoms with van der Waals surface area (Å²) in [5.74, 6) is 1.46. The van der Waals surface area contributed by atoms with E-state index in [1.165, 1.54) is 6.42 Å². The second kappa shape index (κ2) is 8.27. The third-order valence-electron chi connectivity index (χ3n) is 4.70. The van der Waals surface area contributed by atoms with Crippen LogP contribution in [0.15, 0.2) is 12.4 Å². The lowest BCUT2D eigenvalue weighted by Crippen LogP contribution is -2.37. The van der Waals surface area contributed by atoms with Crippen LogP contribution in [-0.2, 0) is 0 Å². The third-order valence-corrected chi connectivity index (χ3v) is 4.70. The number of aromatic nitrogens is 2. The largest absolute Gasteiger partial charge is 0.341 e. The number of carbonyl (C=O) groups excluding carboxylic acids is 1. The van der Waals surface area contributed by atoms with E-state index in [9.17, 15) is 4.79 Å². The van der Waals surface area contributed by atoms with E-state index in [4.69, 9.17) is 0 Å². The Morgan fingerprint density at radius 2 is 1.91 bits per heavy atom. The first-order valence-electron chi connectivity index (χ1n) is 8.90. The van der Waals surface area contributed by atoms with Gasteiger partial charge in [-0.1, -0.05) is 33.6 Å². The van der Waals surface area contributed by atoms with E-state index in [-0.39, 0.29) is 5.91 Å². The van der Waals surface area contributed by atoms with Gasteiger partial charge in [-0.3, -0.25) is 4.79 Å². The molecule has 0 N–H and O–H groups in total. The molecule has 5 heteroatoms. The zero-order valence-corrected chi connectivity index (χ0v) is 15.0. The van der Waals surface area contributed by atoms with Crippen LogP contribution in [0.1, 0.15) is 63.2 Å². The molecule has 1 fully saturated rings. The summed E-state index contributed by atoms with van der Waals surface area (Å²) in [6, 6.07) is 0.302. The van der Waals surface area contributed by atoms with Crippen LogP contribution in [0.25, 0.3) is 0 Å². The molecular formula is C18H30N4O. The number of carbonyl (C=O) groups is 1. The normalized spacial score (nSPS) is 17.8. The highest BCUT2D eigenvalue weighted by atomic mass is 16.2. The number of hydrogen-bond donors (Lipinski definition) is 0. The highest BCUT2D eigenvalue weighted by Gasteiger charge is 2.23. The highest BCUT2D eigenvalue weighted by Crippen LogP contribution is 2.20. The van der Waals surface area contributed by atoms with Gasteiger partial charge in [0.25, 0.3) is 5.91 Å². The third kappa shape index (κ3) is 4.43. The average Bonchev–Trinajstić information content (AvgIpc) is 3.00. The predicted octanol–water partition coefficient (Wildman–Crippen LogP) is 3.36. The zero-order chi connectivity index (χ0) is 16.8. The molecule has 1 saturated heterocycles. The first kappa shape index (κ1) is 17.7. The van der Waals surface area contributed by atoms with Crippen molar-refractivity contribution in [1.82, 2.24) is 14.9 Å². The molecule has 0 spiro atoms. The van der Waals surface area contributed by atoms with Crippen LogP contribution in [0.2, 0.25) is 0 Å². The fourth-order valence-electron chi connectivity index (χ4n) is 3.28. The summed E-state index contributed by atoms with van der Waals surface area (Å²) in [4.78, 5) is 25.5. The summed E-state index contributed by atoms with van der Waals surface area (Å²) in [6.07, 6.45) is 8.80. The van der Waals surface area contributed by atoms with Gasteiger partial charge < -0.3 is 9.80 Å². The summed E-state index contributed by atoms with van der Waals surface area (Å²) in [5.41, 5.74) is 0.584. The lowest BCUT2D eigenvalue weighted by Gasteiger charge is -2.28. The number of hydrogen-bond acceptors (Lipinski definition) is 4. The molecule has 0 bridgehead atoms. The molecule has 1 aliphatic heterocycles. The first-order valence-corrected chi connectivity index (χ1v) is 8.90. The SMILES string of the molecule is CCCC(CCC)N(C)C(=O)c1cnc(N2CC[C@@H](C)C2)nc1. The standard InChI is InChI=1S/C18H30N4O/c1-5-7-16(8-6-2)21(4)17(23)15-11-19-18(20-12-15)22-10-9-14(3)13-22/h11-12,14,16H,5-10,13H2,1-4H3/t14-/m1/s1. The molecule has 0 radical (unpaired) electrons. The smallest absolute Gasteiger partial charge is 0.256 e. The zero-order valence-electron chi connectivity index (χ0n) is 15.0. The van der Waals surface area contributed by atoms with Crippen molar-refractivity contribution >= 4 is 11.9 Å². The lowest BCUT2D eigenvalue weighted by atomic mass is 10.0. The second-order valence-electron chi connectivity index (χ2n) is 6.76. The monoisotopic (exact) mass is 318 g/mol. The van der Waals surface area contributed by atoms with E-state index in [0.717, 1.165) is 44.7 Å². The Hall–Kier alpha value is -1.65. The molecule has 0 aliphatic carbocycles. The molecule has 1 atom stereocenters. The topological polar surface area (TPSA) is 49.3 Å². The highest BCUT2D eigenvalue weighted by molar-refractivity contribution is 5.93. The Morgan fingerprint density at radius 3 is 2.39 bits per heavy atom. The van der Waals surface area contributed by atoms with Crippen LogP contribution in [-0.4, -0.2) is 47.0 Å². The van der Waals surface area contributed by atoms with Crippen molar-refractivity contribution in [3.8, 4) is 0 Å². The van der Waals surface area contributed by atoms with Crippen molar-refractivity contribution < 1.29 is 4.79 Å². The molecule has 1 aromatic heterocycles. The predicted molar refractivity (Wildman–Crippen MR) is 93.7 cm³/mol. The van der Waals surface area contributed by atoms with Gasteiger partial charge in [-0.2, -0.15) is 0 Å². The minimum absolute atomic E-state index is 0.0261. The van der Waals surface area contributed by atoms with Crippen LogP contribution in [0, 0.1) is 5.92 Å². The molecule has 5 nitrogen and oxygen atoms in total. The minimum Gasteiger partial charge on any atom is -0.341 e. The van der Waals surface area contributed by atoms with Gasteiger partial charge in [0.2, 0.25) is 5.95 Å². The van der Waals surface area contributed by atoms with Crippen LogP contribution >= 0.6 is 0 Å². The van der Waals surface area contributed by atoms with Gasteiger partial charge in [0.05, 0.1) is 5.56 Å². The Labute approximate surface area is 140 Å². The van der Waals surface area contributed by atoms with Gasteiger partial charge in [0.1, 0.15) is 0 Å². The minimum atomic E-state index is 0.0261. The summed E-state index contributed by atoms with van der Waals surface area (Å²) in [6.45, 7) is 8.58. The maximum atomic E-state index is 12.7. The molecule has 128 valence electrons. The molecule has 0 saturated carbocycles. The number of anilines is 1. The number of amides is 1. The van der Waals surface area contributed by atoms with E-state index < -0.39 is 0 Å². The van der Waals surface area contributed by atoms with E-state index in [0.29, 0.717) is 17.5 Å². The van der Waals surface area contributed by atoms with E-state index in [1.54, 1.807) is 12.4 Å². The summed E-state index contributed by atoms with van der Waals surface area (Å²) < 4.78 is 0. The maximum Gasteiger partial charge on any atom is 0.256 e. The molecular weight excluding hydrogens is 288 g/mol. The van der Waals surface area contributed by atoms with Gasteiger partial charge in [-0.15, -0.1) is 0 Å². The summed E-state index contributed by atoms with van der Waals surface area (Å²) >= 11 is 0. The van der Waals surface area contributed by atoms with E-state index in [1.807, 2.05) is 11.9 Å². The fraction of sp³-hybridized carbons (Fsp3) is 0.722. The van der Waals surface area contributed by atoms with Crippen molar-refractivity contribution in [3.63, 3.8) is 0 Å². The average molecular weight is 318 g/mol. The number of rotatable bonds is 7. The van der Waals surface area contributed by atoms with Gasteiger partial charge in [0.15, 0.2) is 0 Å². The summed E-state index contributed by atoms with van der Waals surface area (Å²) in [5, 5.41) is 0. The molecule has 0 aromatic carbocycles. The maximum absolute atomic E-state index is 12.7. The van der Waals surface area contributed by atoms with Crippen molar-refractivity contribution in [2.75, 3.05) is 25.0 Å². The first-order chi connectivity index (χ1) is 11.1. The Balaban J connectivity index is 2.04. The lowest BCUT2D eigenvalue weighted by molar-refractivity contribution is 0.0713. The quantitative estimate of drug-likeness (QED) is 0.773. The van der Waals surface area contributed by atoms with E-state index in [2.05, 4.69) is 35.6 Å². The van der Waals surface area contributed by atoms with Crippen LogP contribution in [0.4, 0.5) is 5.95 Å². The number of nitrogens with zero attached hydrogens (tertiary/aromatic N) is 4. The van der Waals surface area contributed by atoms with Gasteiger partial charge in [-0.05, 0) is 25.2 Å². The van der Waals surface area contributed by atoms with Gasteiger partial charge >= 0.3 is 0 Å². The molecule has 1 aromatic rings. The van der Waals surface area contributed by atoms with Crippen molar-refractivity contribution in [1.29, 1.82) is 0 Å². The van der Waals surface area contributed by atoms with Crippen LogP contribution in [0.5, 0.6) is 0 Å². The van der Waals surface area contributed by atoms with Crippen LogP contribution < -0.4 is 4.90 Å². The molecule has 1 amide bonds. The molecule has 0 unspecified atom stereocenters. The summed E-state index contributed by atoms with van der Waals surface area (Å²) in [7, 11) is 1.90. The van der Waals surface area contributed by atoms with Gasteiger partial charge in [0, 0.05) is 38.6 Å². The second-order valence-corrected chi connectivity index (χ2v) is 6.76. The molecule has 1 aliphatic rings. The van der Waals surface area contributed by atoms with Crippen molar-refractivity contribution in [3.05, 3.63) is 18.0 Å². The van der Waals surface area contributed by atoms with E-state index >= 15 is 0 Å².